The van der Waals surface area contributed by atoms with Crippen LogP contribution in [0.4, 0.5) is 0 Å². The summed E-state index contributed by atoms with van der Waals surface area (Å²) < 4.78 is 12.2. The predicted molar refractivity (Wildman–Crippen MR) is 144 cm³/mol. The molecule has 0 unspecified atom stereocenters. The molecule has 2 aliphatic rings. The van der Waals surface area contributed by atoms with Crippen LogP contribution in [0.5, 0.6) is 11.5 Å². The third-order valence-corrected chi connectivity index (χ3v) is 7.74. The van der Waals surface area contributed by atoms with E-state index in [0.717, 1.165) is 24.2 Å². The molecule has 0 radical (unpaired) electrons. The van der Waals surface area contributed by atoms with Crippen LogP contribution in [0.1, 0.15) is 81.1 Å². The third-order valence-electron chi connectivity index (χ3n) is 7.74. The fourth-order valence-corrected chi connectivity index (χ4v) is 5.53. The average Bonchev–Trinajstić information content (AvgIpc) is 3.61. The summed E-state index contributed by atoms with van der Waals surface area (Å²) in [6, 6.07) is 22.2. The van der Waals surface area contributed by atoms with Crippen LogP contribution in [-0.4, -0.2) is 22.3 Å². The van der Waals surface area contributed by atoms with Crippen molar-refractivity contribution in [2.45, 2.75) is 77.1 Å². The normalized spacial score (nSPS) is 19.4. The quantitative estimate of drug-likeness (QED) is 0.306. The van der Waals surface area contributed by atoms with E-state index in [4.69, 9.17) is 14.6 Å². The molecular weight excluding hydrogens is 464 g/mol. The first-order valence-electron chi connectivity index (χ1n) is 13.3. The van der Waals surface area contributed by atoms with E-state index in [9.17, 15) is 9.90 Å². The largest absolute Gasteiger partial charge is 0.490 e. The number of hydrogen-bond acceptors (Lipinski definition) is 4. The zero-order valence-corrected chi connectivity index (χ0v) is 21.7. The average molecular weight is 501 g/mol. The number of aliphatic hydroxyl groups is 1. The van der Waals surface area contributed by atoms with Crippen molar-refractivity contribution in [1.82, 2.24) is 0 Å². The molecule has 0 aromatic heterocycles. The number of aliphatic hydroxyl groups excluding tert-OH is 1. The Morgan fingerprint density at radius 3 is 2.51 bits per heavy atom. The summed E-state index contributed by atoms with van der Waals surface area (Å²) in [4.78, 5) is 11.0. The van der Waals surface area contributed by atoms with Crippen LogP contribution in [-0.2, 0) is 11.4 Å². The first-order chi connectivity index (χ1) is 17.8. The van der Waals surface area contributed by atoms with Gasteiger partial charge < -0.3 is 19.7 Å². The molecular formula is C32H36O5. The topological polar surface area (TPSA) is 76.0 Å². The van der Waals surface area contributed by atoms with Crippen LogP contribution in [0.2, 0.25) is 0 Å². The number of carboxylic acids is 1. The lowest BCUT2D eigenvalue weighted by atomic mass is 9.75. The molecule has 0 aliphatic heterocycles. The number of hydrogen-bond donors (Lipinski definition) is 2. The minimum Gasteiger partial charge on any atom is -0.490 e. The highest BCUT2D eigenvalue weighted by molar-refractivity contribution is 5.70. The molecule has 2 atom stereocenters. The van der Waals surface area contributed by atoms with Gasteiger partial charge in [0.25, 0.3) is 0 Å². The Bertz CT molecular complexity index is 1260. The van der Waals surface area contributed by atoms with Crippen molar-refractivity contribution in [1.29, 1.82) is 0 Å². The van der Waals surface area contributed by atoms with Gasteiger partial charge in [0.2, 0.25) is 0 Å². The maximum Gasteiger partial charge on any atom is 0.306 e. The maximum absolute atomic E-state index is 11.0. The van der Waals surface area contributed by atoms with Crippen molar-refractivity contribution in [3.63, 3.8) is 0 Å². The molecule has 0 bridgehead atoms. The predicted octanol–water partition coefficient (Wildman–Crippen LogP) is 7.28. The Balaban J connectivity index is 1.40. The van der Waals surface area contributed by atoms with Crippen molar-refractivity contribution in [2.75, 3.05) is 0 Å². The van der Waals surface area contributed by atoms with Gasteiger partial charge in [-0.1, -0.05) is 62.7 Å². The Morgan fingerprint density at radius 1 is 1.00 bits per heavy atom. The molecule has 5 rings (SSSR count). The van der Waals surface area contributed by atoms with Crippen LogP contribution < -0.4 is 9.47 Å². The van der Waals surface area contributed by atoms with Crippen LogP contribution in [0, 0.1) is 5.41 Å². The molecule has 2 aliphatic carbocycles. The summed E-state index contributed by atoms with van der Waals surface area (Å²) in [7, 11) is 0. The van der Waals surface area contributed by atoms with Crippen LogP contribution in [0.25, 0.3) is 11.1 Å². The van der Waals surface area contributed by atoms with E-state index in [1.165, 1.54) is 36.0 Å². The molecule has 3 aromatic rings. The van der Waals surface area contributed by atoms with E-state index in [-0.39, 0.29) is 11.8 Å². The van der Waals surface area contributed by atoms with Crippen LogP contribution in [0.15, 0.2) is 66.7 Å². The van der Waals surface area contributed by atoms with Gasteiger partial charge in [-0.25, -0.2) is 0 Å². The molecule has 194 valence electrons. The van der Waals surface area contributed by atoms with Gasteiger partial charge in [-0.15, -0.1) is 0 Å². The summed E-state index contributed by atoms with van der Waals surface area (Å²) in [6.45, 7) is 5.14. The molecule has 0 saturated heterocycles. The molecule has 0 amide bonds. The van der Waals surface area contributed by atoms with Gasteiger partial charge in [-0.3, -0.25) is 4.79 Å². The van der Waals surface area contributed by atoms with Crippen LogP contribution >= 0.6 is 0 Å². The van der Waals surface area contributed by atoms with E-state index < -0.39 is 12.1 Å². The smallest absolute Gasteiger partial charge is 0.306 e. The number of benzene rings is 3. The second kappa shape index (κ2) is 10.6. The summed E-state index contributed by atoms with van der Waals surface area (Å²) in [5, 5.41) is 19.2. The zero-order chi connectivity index (χ0) is 26.0. The van der Waals surface area contributed by atoms with E-state index >= 15 is 0 Å². The monoisotopic (exact) mass is 500 g/mol. The highest BCUT2D eigenvalue weighted by Crippen LogP contribution is 2.51. The van der Waals surface area contributed by atoms with E-state index in [0.29, 0.717) is 29.9 Å². The van der Waals surface area contributed by atoms with Crippen molar-refractivity contribution in [3.8, 4) is 22.6 Å². The van der Waals surface area contributed by atoms with Crippen molar-refractivity contribution in [3.05, 3.63) is 83.4 Å². The number of carbonyl (C=O) groups is 1. The number of aliphatic carboxylic acids is 1. The van der Waals surface area contributed by atoms with Gasteiger partial charge >= 0.3 is 5.97 Å². The van der Waals surface area contributed by atoms with Gasteiger partial charge in [0.1, 0.15) is 18.1 Å². The highest BCUT2D eigenvalue weighted by Gasteiger charge is 2.37. The highest BCUT2D eigenvalue weighted by atomic mass is 16.5. The Kier molecular flexibility index (Phi) is 7.25. The molecule has 2 N–H and O–H groups in total. The molecule has 0 spiro atoms. The molecule has 2 fully saturated rings. The lowest BCUT2D eigenvalue weighted by Gasteiger charge is -2.30. The molecule has 5 nitrogen and oxygen atoms in total. The Morgan fingerprint density at radius 2 is 1.78 bits per heavy atom. The molecule has 2 saturated carbocycles. The minimum atomic E-state index is -1.06. The van der Waals surface area contributed by atoms with Gasteiger partial charge in [0, 0.05) is 0 Å². The fraction of sp³-hybridized carbons (Fsp3) is 0.406. The maximum atomic E-state index is 11.0. The lowest BCUT2D eigenvalue weighted by molar-refractivity contribution is -0.139. The lowest BCUT2D eigenvalue weighted by Crippen LogP contribution is -2.16. The third kappa shape index (κ3) is 6.16. The van der Waals surface area contributed by atoms with Gasteiger partial charge in [0.05, 0.1) is 18.6 Å². The SMILES string of the molecule is CC1(C)CCC[C@@H]1c1cc(COc2cccc([C@H](O)CC(=O)O)c2)ccc1-c1cccc(OC2CC2)c1. The first-order valence-corrected chi connectivity index (χ1v) is 13.3. The second-order valence-electron chi connectivity index (χ2n) is 11.2. The number of carboxylic acid groups (broad SMARTS) is 1. The molecule has 0 heterocycles. The summed E-state index contributed by atoms with van der Waals surface area (Å²) in [5.74, 6) is 0.976. The Hall–Kier alpha value is -3.31. The van der Waals surface area contributed by atoms with E-state index in [2.05, 4.69) is 50.2 Å². The standard InChI is InChI=1S/C32H36O5/c1-32(2)15-5-10-29(32)28-16-21(20-36-25-8-4-7-23(18-25)30(33)19-31(34)35)11-14-27(28)22-6-3-9-26(17-22)37-24-12-13-24/h3-4,6-9,11,14,16-18,24,29-30,33H,5,10,12-13,15,19-20H2,1-2H3,(H,34,35)/t29-,30-/m1/s1. The molecule has 5 heteroatoms. The van der Waals surface area contributed by atoms with Crippen molar-refractivity contribution in [2.24, 2.45) is 5.41 Å². The van der Waals surface area contributed by atoms with Gasteiger partial charge in [-0.2, -0.15) is 0 Å². The molecule has 37 heavy (non-hydrogen) atoms. The van der Waals surface area contributed by atoms with E-state index in [1.54, 1.807) is 18.2 Å². The number of rotatable bonds is 10. The van der Waals surface area contributed by atoms with Crippen molar-refractivity contribution < 1.29 is 24.5 Å². The van der Waals surface area contributed by atoms with Gasteiger partial charge in [-0.05, 0) is 89.1 Å². The summed E-state index contributed by atoms with van der Waals surface area (Å²) in [5.41, 5.74) is 5.65. The minimum absolute atomic E-state index is 0.227. The summed E-state index contributed by atoms with van der Waals surface area (Å²) >= 11 is 0. The fourth-order valence-electron chi connectivity index (χ4n) is 5.53. The summed E-state index contributed by atoms with van der Waals surface area (Å²) in [6.07, 6.45) is 4.87. The molecule has 3 aromatic carbocycles. The van der Waals surface area contributed by atoms with Crippen LogP contribution in [0.3, 0.4) is 0 Å². The number of ether oxygens (including phenoxy) is 2. The first kappa shape index (κ1) is 25.3. The zero-order valence-electron chi connectivity index (χ0n) is 21.7. The Labute approximate surface area is 219 Å². The van der Waals surface area contributed by atoms with Gasteiger partial charge in [0.15, 0.2) is 0 Å². The second-order valence-corrected chi connectivity index (χ2v) is 11.2. The van der Waals surface area contributed by atoms with E-state index in [1.807, 2.05) is 12.1 Å². The van der Waals surface area contributed by atoms with Crippen molar-refractivity contribution >= 4 is 5.97 Å².